The van der Waals surface area contributed by atoms with E-state index in [1.807, 2.05) is 38.1 Å². The molecular weight excluding hydrogens is 280 g/mol. The van der Waals surface area contributed by atoms with Crippen LogP contribution in [0.5, 0.6) is 0 Å². The third-order valence-electron chi connectivity index (χ3n) is 2.91. The summed E-state index contributed by atoms with van der Waals surface area (Å²) < 4.78 is 0. The molecule has 6 heteroatoms. The number of hydrogen-bond donors (Lipinski definition) is 4. The number of hydrazine groups is 1. The Morgan fingerprint density at radius 1 is 0.636 bits per heavy atom. The monoisotopic (exact) mass is 298 g/mol. The molecule has 0 aromatic heterocycles. The zero-order valence-electron chi connectivity index (χ0n) is 12.4. The van der Waals surface area contributed by atoms with E-state index in [0.717, 1.165) is 11.1 Å². The maximum atomic E-state index is 11.6. The zero-order valence-corrected chi connectivity index (χ0v) is 12.4. The van der Waals surface area contributed by atoms with E-state index in [1.165, 1.54) is 0 Å². The number of aryl methyl sites for hydroxylation is 2. The number of anilines is 2. The molecule has 4 N–H and O–H groups in total. The standard InChI is InChI=1S/C16H18N4O2/c1-11-3-7-13(8-4-11)17-15(21)19-20-16(22)18-14-9-5-12(2)6-10-14/h3-10H,1-2H3,(H2,17,19,21)(H2,18,20,22). The van der Waals surface area contributed by atoms with Crippen molar-refractivity contribution in [2.75, 3.05) is 10.6 Å². The van der Waals surface area contributed by atoms with Gasteiger partial charge in [0.05, 0.1) is 0 Å². The Hall–Kier alpha value is -3.02. The summed E-state index contributed by atoms with van der Waals surface area (Å²) in [5.41, 5.74) is 8.01. The molecule has 0 heterocycles. The van der Waals surface area contributed by atoms with Crippen molar-refractivity contribution in [3.05, 3.63) is 59.7 Å². The molecule has 0 radical (unpaired) electrons. The molecule has 0 spiro atoms. The van der Waals surface area contributed by atoms with Gasteiger partial charge in [-0.25, -0.2) is 20.4 Å². The van der Waals surface area contributed by atoms with Crippen molar-refractivity contribution in [3.63, 3.8) is 0 Å². The molecule has 0 fully saturated rings. The van der Waals surface area contributed by atoms with Crippen LogP contribution in [0, 0.1) is 13.8 Å². The molecule has 114 valence electrons. The van der Waals surface area contributed by atoms with Gasteiger partial charge in [0, 0.05) is 11.4 Å². The lowest BCUT2D eigenvalue weighted by Gasteiger charge is -2.10. The van der Waals surface area contributed by atoms with Crippen LogP contribution in [0.15, 0.2) is 48.5 Å². The Kier molecular flexibility index (Phi) is 4.98. The van der Waals surface area contributed by atoms with E-state index in [9.17, 15) is 9.59 Å². The molecule has 0 atom stereocenters. The lowest BCUT2D eigenvalue weighted by molar-refractivity contribution is 0.237. The summed E-state index contributed by atoms with van der Waals surface area (Å²) in [4.78, 5) is 23.3. The summed E-state index contributed by atoms with van der Waals surface area (Å²) in [6.07, 6.45) is 0. The van der Waals surface area contributed by atoms with Gasteiger partial charge in [0.25, 0.3) is 0 Å². The average molecular weight is 298 g/mol. The first kappa shape index (κ1) is 15.4. The highest BCUT2D eigenvalue weighted by Crippen LogP contribution is 2.08. The fraction of sp³-hybridized carbons (Fsp3) is 0.125. The van der Waals surface area contributed by atoms with Crippen LogP contribution >= 0.6 is 0 Å². The summed E-state index contributed by atoms with van der Waals surface area (Å²) >= 11 is 0. The van der Waals surface area contributed by atoms with E-state index in [2.05, 4.69) is 21.5 Å². The average Bonchev–Trinajstić information content (AvgIpc) is 2.50. The van der Waals surface area contributed by atoms with Gasteiger partial charge in [0.1, 0.15) is 0 Å². The van der Waals surface area contributed by atoms with Crippen LogP contribution in [-0.2, 0) is 0 Å². The van der Waals surface area contributed by atoms with Gasteiger partial charge < -0.3 is 10.6 Å². The van der Waals surface area contributed by atoms with E-state index >= 15 is 0 Å². The Balaban J connectivity index is 1.76. The number of rotatable bonds is 2. The number of carbonyl (C=O) groups is 2. The molecule has 0 aliphatic carbocycles. The lowest BCUT2D eigenvalue weighted by atomic mass is 10.2. The van der Waals surface area contributed by atoms with E-state index in [4.69, 9.17) is 0 Å². The highest BCUT2D eigenvalue weighted by molar-refractivity contribution is 5.94. The van der Waals surface area contributed by atoms with Crippen molar-refractivity contribution >= 4 is 23.4 Å². The van der Waals surface area contributed by atoms with Gasteiger partial charge in [-0.15, -0.1) is 0 Å². The maximum Gasteiger partial charge on any atom is 0.337 e. The summed E-state index contributed by atoms with van der Waals surface area (Å²) in [6, 6.07) is 13.6. The Labute approximate surface area is 128 Å². The molecule has 0 aliphatic rings. The van der Waals surface area contributed by atoms with Crippen molar-refractivity contribution in [3.8, 4) is 0 Å². The van der Waals surface area contributed by atoms with Crippen molar-refractivity contribution in [1.82, 2.24) is 10.9 Å². The largest absolute Gasteiger partial charge is 0.337 e. The second-order valence-electron chi connectivity index (χ2n) is 4.89. The minimum atomic E-state index is -0.525. The first-order valence-electron chi connectivity index (χ1n) is 6.80. The molecule has 22 heavy (non-hydrogen) atoms. The minimum Gasteiger partial charge on any atom is -0.307 e. The second-order valence-corrected chi connectivity index (χ2v) is 4.89. The fourth-order valence-corrected chi connectivity index (χ4v) is 1.71. The van der Waals surface area contributed by atoms with Crippen LogP contribution in [0.2, 0.25) is 0 Å². The molecule has 0 unspecified atom stereocenters. The molecule has 0 aliphatic heterocycles. The van der Waals surface area contributed by atoms with Gasteiger partial charge in [-0.2, -0.15) is 0 Å². The third kappa shape index (κ3) is 4.82. The quantitative estimate of drug-likeness (QED) is 0.642. The van der Waals surface area contributed by atoms with Crippen LogP contribution in [0.4, 0.5) is 21.0 Å². The van der Waals surface area contributed by atoms with E-state index < -0.39 is 12.1 Å². The first-order valence-corrected chi connectivity index (χ1v) is 6.80. The maximum absolute atomic E-state index is 11.6. The van der Waals surface area contributed by atoms with Crippen molar-refractivity contribution in [1.29, 1.82) is 0 Å². The van der Waals surface area contributed by atoms with Gasteiger partial charge in [-0.05, 0) is 38.1 Å². The lowest BCUT2D eigenvalue weighted by Crippen LogP contribution is -2.45. The van der Waals surface area contributed by atoms with Gasteiger partial charge in [-0.1, -0.05) is 35.4 Å². The summed E-state index contributed by atoms with van der Waals surface area (Å²) in [6.45, 7) is 3.92. The molecule has 2 aromatic carbocycles. The molecular formula is C16H18N4O2. The van der Waals surface area contributed by atoms with Crippen LogP contribution in [-0.4, -0.2) is 12.1 Å². The number of nitrogens with one attached hydrogen (secondary N) is 4. The Morgan fingerprint density at radius 3 is 1.27 bits per heavy atom. The van der Waals surface area contributed by atoms with E-state index in [1.54, 1.807) is 24.3 Å². The molecule has 0 saturated heterocycles. The SMILES string of the molecule is Cc1ccc(NC(=O)NNC(=O)Nc2ccc(C)cc2)cc1. The van der Waals surface area contributed by atoms with Crippen molar-refractivity contribution in [2.24, 2.45) is 0 Å². The van der Waals surface area contributed by atoms with Gasteiger partial charge in [0.15, 0.2) is 0 Å². The molecule has 4 amide bonds. The summed E-state index contributed by atoms with van der Waals surface area (Å²) in [5, 5.41) is 5.21. The number of hydrogen-bond acceptors (Lipinski definition) is 2. The molecule has 2 aromatic rings. The van der Waals surface area contributed by atoms with Crippen molar-refractivity contribution in [2.45, 2.75) is 13.8 Å². The zero-order chi connectivity index (χ0) is 15.9. The smallest absolute Gasteiger partial charge is 0.307 e. The molecule has 2 rings (SSSR count). The van der Waals surface area contributed by atoms with Gasteiger partial charge >= 0.3 is 12.1 Å². The highest BCUT2D eigenvalue weighted by atomic mass is 16.2. The number of carbonyl (C=O) groups excluding carboxylic acids is 2. The van der Waals surface area contributed by atoms with Gasteiger partial charge in [-0.3, -0.25) is 0 Å². The predicted octanol–water partition coefficient (Wildman–Crippen LogP) is 3.16. The Bertz CT molecular complexity index is 591. The van der Waals surface area contributed by atoms with Crippen LogP contribution in [0.25, 0.3) is 0 Å². The third-order valence-corrected chi connectivity index (χ3v) is 2.91. The van der Waals surface area contributed by atoms with Crippen molar-refractivity contribution < 1.29 is 9.59 Å². The number of amides is 4. The molecule has 6 nitrogen and oxygen atoms in total. The highest BCUT2D eigenvalue weighted by Gasteiger charge is 2.04. The topological polar surface area (TPSA) is 82.3 Å². The van der Waals surface area contributed by atoms with Crippen LogP contribution < -0.4 is 21.5 Å². The summed E-state index contributed by atoms with van der Waals surface area (Å²) in [5.74, 6) is 0. The van der Waals surface area contributed by atoms with Crippen LogP contribution in [0.3, 0.4) is 0 Å². The normalized spacial score (nSPS) is 9.73. The van der Waals surface area contributed by atoms with E-state index in [0.29, 0.717) is 11.4 Å². The van der Waals surface area contributed by atoms with Gasteiger partial charge in [0.2, 0.25) is 0 Å². The van der Waals surface area contributed by atoms with Crippen LogP contribution in [0.1, 0.15) is 11.1 Å². The Morgan fingerprint density at radius 2 is 0.955 bits per heavy atom. The van der Waals surface area contributed by atoms with E-state index in [-0.39, 0.29) is 0 Å². The number of urea groups is 2. The number of benzene rings is 2. The summed E-state index contributed by atoms with van der Waals surface area (Å²) in [7, 11) is 0. The first-order chi connectivity index (χ1) is 10.5. The second kappa shape index (κ2) is 7.12. The fourth-order valence-electron chi connectivity index (χ4n) is 1.71. The molecule has 0 bridgehead atoms. The predicted molar refractivity (Wildman–Crippen MR) is 86.7 cm³/mol. The molecule has 0 saturated carbocycles. The minimum absolute atomic E-state index is 0.525.